The Kier molecular flexibility index (Phi) is 3.24. The highest BCUT2D eigenvalue weighted by Crippen LogP contribution is 2.27. The van der Waals surface area contributed by atoms with Crippen molar-refractivity contribution in [1.82, 2.24) is 19.6 Å². The minimum Gasteiger partial charge on any atom is -0.360 e. The second-order valence-electron chi connectivity index (χ2n) is 4.40. The highest BCUT2D eigenvalue weighted by atomic mass is 16.6. The Balaban J connectivity index is 2.25. The topological polar surface area (TPSA) is 90.8 Å². The van der Waals surface area contributed by atoms with E-state index in [0.717, 1.165) is 11.3 Å². The van der Waals surface area contributed by atoms with Crippen molar-refractivity contribution >= 4 is 11.5 Å². The Morgan fingerprint density at radius 1 is 1.37 bits per heavy atom. The van der Waals surface area contributed by atoms with Crippen molar-refractivity contribution in [1.29, 1.82) is 0 Å². The van der Waals surface area contributed by atoms with E-state index in [1.165, 1.54) is 4.68 Å². The molecular weight excluding hydrogens is 248 g/mol. The Labute approximate surface area is 110 Å². The predicted molar refractivity (Wildman–Crippen MR) is 69.9 cm³/mol. The zero-order valence-corrected chi connectivity index (χ0v) is 11.3. The van der Waals surface area contributed by atoms with E-state index in [1.807, 2.05) is 14.0 Å². The summed E-state index contributed by atoms with van der Waals surface area (Å²) in [5, 5.41) is 22.3. The average molecular weight is 264 g/mol. The van der Waals surface area contributed by atoms with Crippen molar-refractivity contribution in [3.05, 3.63) is 33.3 Å². The van der Waals surface area contributed by atoms with Crippen LogP contribution >= 0.6 is 0 Å². The van der Waals surface area contributed by atoms with Crippen LogP contribution in [0, 0.1) is 24.0 Å². The smallest absolute Gasteiger partial charge is 0.333 e. The molecule has 0 aliphatic heterocycles. The standard InChI is InChI=1S/C11H16N6O2/c1-7-10(17(18)19)11(16(4)14-7)12-5-9-6-13-15(3)8(9)2/h6,12H,5H2,1-4H3. The Hall–Kier alpha value is -2.38. The molecule has 8 nitrogen and oxygen atoms in total. The molecule has 2 rings (SSSR count). The first-order valence-corrected chi connectivity index (χ1v) is 5.81. The van der Waals surface area contributed by atoms with E-state index in [-0.39, 0.29) is 5.69 Å². The van der Waals surface area contributed by atoms with Crippen molar-refractivity contribution in [2.24, 2.45) is 14.1 Å². The maximum Gasteiger partial charge on any atom is 0.333 e. The summed E-state index contributed by atoms with van der Waals surface area (Å²) in [6, 6.07) is 0. The summed E-state index contributed by atoms with van der Waals surface area (Å²) in [7, 11) is 3.54. The van der Waals surface area contributed by atoms with Crippen molar-refractivity contribution in [3.8, 4) is 0 Å². The van der Waals surface area contributed by atoms with Crippen LogP contribution in [-0.4, -0.2) is 24.5 Å². The number of aromatic nitrogens is 4. The summed E-state index contributed by atoms with van der Waals surface area (Å²) in [5.41, 5.74) is 2.44. The largest absolute Gasteiger partial charge is 0.360 e. The van der Waals surface area contributed by atoms with Crippen LogP contribution in [0.4, 0.5) is 11.5 Å². The van der Waals surface area contributed by atoms with Gasteiger partial charge < -0.3 is 5.32 Å². The molecule has 0 spiro atoms. The van der Waals surface area contributed by atoms with Crippen LogP contribution in [0.15, 0.2) is 6.20 Å². The molecule has 8 heteroatoms. The molecule has 2 aromatic rings. The number of nitrogens with one attached hydrogen (secondary N) is 1. The van der Waals surface area contributed by atoms with Gasteiger partial charge in [0.15, 0.2) is 0 Å². The number of nitro groups is 1. The Morgan fingerprint density at radius 3 is 2.58 bits per heavy atom. The van der Waals surface area contributed by atoms with Crippen molar-refractivity contribution in [3.63, 3.8) is 0 Å². The molecule has 2 aromatic heterocycles. The van der Waals surface area contributed by atoms with Crippen molar-refractivity contribution in [2.75, 3.05) is 5.32 Å². The fraction of sp³-hybridized carbons (Fsp3) is 0.455. The first kappa shape index (κ1) is 13.1. The molecule has 0 amide bonds. The van der Waals surface area contributed by atoms with Crippen LogP contribution in [0.1, 0.15) is 17.0 Å². The third-order valence-corrected chi connectivity index (χ3v) is 3.16. The molecule has 0 saturated heterocycles. The van der Waals surface area contributed by atoms with E-state index in [9.17, 15) is 10.1 Å². The van der Waals surface area contributed by atoms with Gasteiger partial charge in [0.1, 0.15) is 5.69 Å². The summed E-state index contributed by atoms with van der Waals surface area (Å²) in [6.07, 6.45) is 1.75. The zero-order chi connectivity index (χ0) is 14.2. The van der Waals surface area contributed by atoms with Crippen molar-refractivity contribution < 1.29 is 4.92 Å². The van der Waals surface area contributed by atoms with Crippen molar-refractivity contribution in [2.45, 2.75) is 20.4 Å². The molecule has 0 aliphatic rings. The maximum atomic E-state index is 11.0. The summed E-state index contributed by atoms with van der Waals surface area (Å²) < 4.78 is 3.25. The number of aryl methyl sites for hydroxylation is 3. The Bertz CT molecular complexity index is 627. The first-order valence-electron chi connectivity index (χ1n) is 5.81. The predicted octanol–water partition coefficient (Wildman–Crippen LogP) is 1.29. The summed E-state index contributed by atoms with van der Waals surface area (Å²) >= 11 is 0. The highest BCUT2D eigenvalue weighted by Gasteiger charge is 2.23. The van der Waals surface area contributed by atoms with E-state index in [1.54, 1.807) is 24.9 Å². The average Bonchev–Trinajstić information content (AvgIpc) is 2.79. The number of rotatable bonds is 4. The lowest BCUT2D eigenvalue weighted by Crippen LogP contribution is -2.07. The summed E-state index contributed by atoms with van der Waals surface area (Å²) in [5.74, 6) is 0.408. The van der Waals surface area contributed by atoms with Crippen LogP contribution in [0.25, 0.3) is 0 Å². The molecule has 0 saturated carbocycles. The fourth-order valence-electron chi connectivity index (χ4n) is 1.96. The van der Waals surface area contributed by atoms with Gasteiger partial charge in [0, 0.05) is 31.9 Å². The van der Waals surface area contributed by atoms with Gasteiger partial charge in [-0.25, -0.2) is 4.68 Å². The minimum absolute atomic E-state index is 0.0176. The van der Waals surface area contributed by atoms with E-state index in [2.05, 4.69) is 15.5 Å². The van der Waals surface area contributed by atoms with Crippen LogP contribution in [0.2, 0.25) is 0 Å². The molecule has 2 heterocycles. The molecular formula is C11H16N6O2. The maximum absolute atomic E-state index is 11.0. The lowest BCUT2D eigenvalue weighted by Gasteiger charge is -2.05. The van der Waals surface area contributed by atoms with Crippen LogP contribution in [0.3, 0.4) is 0 Å². The number of hydrogen-bond acceptors (Lipinski definition) is 5. The van der Waals surface area contributed by atoms with Crippen LogP contribution in [-0.2, 0) is 20.6 Å². The molecule has 0 fully saturated rings. The van der Waals surface area contributed by atoms with Gasteiger partial charge in [-0.05, 0) is 13.8 Å². The zero-order valence-electron chi connectivity index (χ0n) is 11.3. The molecule has 1 N–H and O–H groups in total. The van der Waals surface area contributed by atoms with E-state index >= 15 is 0 Å². The normalized spacial score (nSPS) is 10.7. The molecule has 0 atom stereocenters. The second kappa shape index (κ2) is 4.71. The van der Waals surface area contributed by atoms with Gasteiger partial charge >= 0.3 is 5.69 Å². The summed E-state index contributed by atoms with van der Waals surface area (Å²) in [6.45, 7) is 4.05. The molecule has 19 heavy (non-hydrogen) atoms. The third-order valence-electron chi connectivity index (χ3n) is 3.16. The number of nitrogens with zero attached hydrogens (tertiary/aromatic N) is 5. The fourth-order valence-corrected chi connectivity index (χ4v) is 1.96. The SMILES string of the molecule is Cc1nn(C)c(NCc2cnn(C)c2C)c1[N+](=O)[O-]. The van der Waals surface area contributed by atoms with Gasteiger partial charge in [-0.2, -0.15) is 10.2 Å². The number of hydrogen-bond donors (Lipinski definition) is 1. The van der Waals surface area contributed by atoms with E-state index in [0.29, 0.717) is 18.1 Å². The van der Waals surface area contributed by atoms with Gasteiger partial charge in [0.05, 0.1) is 11.1 Å². The minimum atomic E-state index is -0.416. The summed E-state index contributed by atoms with van der Waals surface area (Å²) in [4.78, 5) is 10.6. The molecule has 0 aromatic carbocycles. The molecule has 102 valence electrons. The number of anilines is 1. The molecule has 0 aliphatic carbocycles. The monoisotopic (exact) mass is 264 g/mol. The second-order valence-corrected chi connectivity index (χ2v) is 4.40. The van der Waals surface area contributed by atoms with Crippen LogP contribution in [0.5, 0.6) is 0 Å². The Morgan fingerprint density at radius 2 is 2.05 bits per heavy atom. The van der Waals surface area contributed by atoms with Gasteiger partial charge in [-0.3, -0.25) is 14.8 Å². The van der Waals surface area contributed by atoms with E-state index < -0.39 is 4.92 Å². The third kappa shape index (κ3) is 2.28. The molecule has 0 bridgehead atoms. The van der Waals surface area contributed by atoms with Crippen LogP contribution < -0.4 is 5.32 Å². The van der Waals surface area contributed by atoms with E-state index in [4.69, 9.17) is 0 Å². The quantitative estimate of drug-likeness (QED) is 0.663. The van der Waals surface area contributed by atoms with Gasteiger partial charge in [-0.15, -0.1) is 0 Å². The molecule has 0 radical (unpaired) electrons. The van der Waals surface area contributed by atoms with Gasteiger partial charge in [0.2, 0.25) is 5.82 Å². The lowest BCUT2D eigenvalue weighted by atomic mass is 10.2. The van der Waals surface area contributed by atoms with Gasteiger partial charge in [-0.1, -0.05) is 0 Å². The first-order chi connectivity index (χ1) is 8.91. The lowest BCUT2D eigenvalue weighted by molar-refractivity contribution is -0.384. The highest BCUT2D eigenvalue weighted by molar-refractivity contribution is 5.59. The van der Waals surface area contributed by atoms with Gasteiger partial charge in [0.25, 0.3) is 0 Å². The molecule has 0 unspecified atom stereocenters.